The maximum Gasteiger partial charge on any atom is 0.241 e. The first-order valence-corrected chi connectivity index (χ1v) is 7.48. The minimum Gasteiger partial charge on any atom is -0.398 e. The molecule has 1 rings (SSSR count). The number of aryl methyl sites for hydroxylation is 1. The number of nitrogens with one attached hydrogen (secondary N) is 1. The lowest BCUT2D eigenvalue weighted by molar-refractivity contribution is 0.439. The van der Waals surface area contributed by atoms with Crippen LogP contribution in [0, 0.1) is 13.8 Å². The number of nitrogen functional groups attached to an aromatic ring is 1. The molecule has 0 aliphatic heterocycles. The van der Waals surface area contributed by atoms with Gasteiger partial charge in [0.1, 0.15) is 0 Å². The predicted molar refractivity (Wildman–Crippen MR) is 75.0 cm³/mol. The number of nitrogens with two attached hydrogens (primary N) is 1. The molecule has 0 aliphatic rings. The highest BCUT2D eigenvalue weighted by Crippen LogP contribution is 2.23. The van der Waals surface area contributed by atoms with Crippen LogP contribution in [0.1, 0.15) is 38.3 Å². The smallest absolute Gasteiger partial charge is 0.241 e. The molecule has 0 unspecified atom stereocenters. The van der Waals surface area contributed by atoms with Gasteiger partial charge in [-0.3, -0.25) is 0 Å². The molecule has 0 fully saturated rings. The molecule has 3 N–H and O–H groups in total. The van der Waals surface area contributed by atoms with Crippen molar-refractivity contribution in [3.05, 3.63) is 23.3 Å². The van der Waals surface area contributed by atoms with Gasteiger partial charge in [-0.25, -0.2) is 13.1 Å². The number of benzene rings is 1. The van der Waals surface area contributed by atoms with Gasteiger partial charge in [0, 0.05) is 11.2 Å². The molecule has 18 heavy (non-hydrogen) atoms. The molecule has 0 saturated heterocycles. The Kier molecular flexibility index (Phi) is 4.08. The molecule has 1 aromatic carbocycles. The molecule has 0 spiro atoms. The van der Waals surface area contributed by atoms with E-state index >= 15 is 0 Å². The van der Waals surface area contributed by atoms with Crippen LogP contribution in [0.15, 0.2) is 17.0 Å². The van der Waals surface area contributed by atoms with Crippen LogP contribution in [0.5, 0.6) is 0 Å². The van der Waals surface area contributed by atoms with Crippen LogP contribution < -0.4 is 10.5 Å². The summed E-state index contributed by atoms with van der Waals surface area (Å²) < 4.78 is 27.2. The van der Waals surface area contributed by atoms with Crippen LogP contribution >= 0.6 is 0 Å². The summed E-state index contributed by atoms with van der Waals surface area (Å²) in [6.07, 6.45) is 0.715. The molecule has 0 saturated carbocycles. The van der Waals surface area contributed by atoms with Crippen molar-refractivity contribution in [2.45, 2.75) is 51.5 Å². The van der Waals surface area contributed by atoms with Crippen LogP contribution in [-0.2, 0) is 10.0 Å². The normalized spacial score (nSPS) is 12.7. The molecule has 0 amide bonds. The van der Waals surface area contributed by atoms with Crippen molar-refractivity contribution in [1.29, 1.82) is 0 Å². The lowest BCUT2D eigenvalue weighted by Crippen LogP contribution is -2.42. The van der Waals surface area contributed by atoms with Gasteiger partial charge in [-0.2, -0.15) is 0 Å². The first-order valence-electron chi connectivity index (χ1n) is 6.00. The number of rotatable bonds is 4. The van der Waals surface area contributed by atoms with E-state index in [-0.39, 0.29) is 4.90 Å². The zero-order valence-electron chi connectivity index (χ0n) is 11.7. The highest BCUT2D eigenvalue weighted by atomic mass is 32.2. The fourth-order valence-corrected chi connectivity index (χ4v) is 3.11. The molecule has 0 aromatic heterocycles. The van der Waals surface area contributed by atoms with Crippen molar-refractivity contribution in [2.24, 2.45) is 0 Å². The molecular formula is C13H22N2O2S. The molecule has 0 heterocycles. The molecule has 0 bridgehead atoms. The van der Waals surface area contributed by atoms with Gasteiger partial charge < -0.3 is 5.73 Å². The summed E-state index contributed by atoms with van der Waals surface area (Å²) >= 11 is 0. The first-order chi connectivity index (χ1) is 8.09. The van der Waals surface area contributed by atoms with Gasteiger partial charge in [0.2, 0.25) is 10.0 Å². The van der Waals surface area contributed by atoms with E-state index in [2.05, 4.69) is 4.72 Å². The van der Waals surface area contributed by atoms with Crippen molar-refractivity contribution in [1.82, 2.24) is 4.72 Å². The topological polar surface area (TPSA) is 72.2 Å². The van der Waals surface area contributed by atoms with Gasteiger partial charge in [-0.05, 0) is 57.4 Å². The Balaban J connectivity index is 3.22. The quantitative estimate of drug-likeness (QED) is 0.825. The minimum absolute atomic E-state index is 0.227. The largest absolute Gasteiger partial charge is 0.398 e. The van der Waals surface area contributed by atoms with Crippen LogP contribution in [-0.4, -0.2) is 14.0 Å². The Hall–Kier alpha value is -1.07. The Morgan fingerprint density at radius 3 is 2.28 bits per heavy atom. The molecule has 5 heteroatoms. The van der Waals surface area contributed by atoms with Gasteiger partial charge >= 0.3 is 0 Å². The van der Waals surface area contributed by atoms with Crippen LogP contribution in [0.4, 0.5) is 5.69 Å². The van der Waals surface area contributed by atoms with Crippen molar-refractivity contribution < 1.29 is 8.42 Å². The second-order valence-corrected chi connectivity index (χ2v) is 6.98. The zero-order chi connectivity index (χ0) is 14.1. The molecular weight excluding hydrogens is 248 g/mol. The van der Waals surface area contributed by atoms with Crippen LogP contribution in [0.3, 0.4) is 0 Å². The maximum absolute atomic E-state index is 12.3. The highest BCUT2D eigenvalue weighted by Gasteiger charge is 2.25. The lowest BCUT2D eigenvalue weighted by Gasteiger charge is -2.24. The lowest BCUT2D eigenvalue weighted by atomic mass is 10.0. The third-order valence-electron chi connectivity index (χ3n) is 3.29. The molecule has 0 atom stereocenters. The molecule has 0 radical (unpaired) electrons. The monoisotopic (exact) mass is 270 g/mol. The van der Waals surface area contributed by atoms with Gasteiger partial charge in [0.15, 0.2) is 0 Å². The number of sulfonamides is 1. The van der Waals surface area contributed by atoms with Gasteiger partial charge in [0.25, 0.3) is 0 Å². The van der Waals surface area contributed by atoms with E-state index in [0.29, 0.717) is 12.1 Å². The molecule has 0 aliphatic carbocycles. The highest BCUT2D eigenvalue weighted by molar-refractivity contribution is 7.89. The molecule has 102 valence electrons. The third-order valence-corrected chi connectivity index (χ3v) is 4.96. The van der Waals surface area contributed by atoms with Gasteiger partial charge in [-0.15, -0.1) is 0 Å². The van der Waals surface area contributed by atoms with Crippen LogP contribution in [0.25, 0.3) is 0 Å². The Labute approximate surface area is 110 Å². The number of hydrogen-bond donors (Lipinski definition) is 2. The van der Waals surface area contributed by atoms with Gasteiger partial charge in [-0.1, -0.05) is 6.92 Å². The SMILES string of the molecule is CCC(C)(C)NS(=O)(=O)c1cc(C)c(C)c(N)c1. The molecule has 4 nitrogen and oxygen atoms in total. The van der Waals surface area contributed by atoms with E-state index in [1.807, 2.05) is 34.6 Å². The van der Waals surface area contributed by atoms with Crippen molar-refractivity contribution in [2.75, 3.05) is 5.73 Å². The van der Waals surface area contributed by atoms with E-state index in [4.69, 9.17) is 5.73 Å². The summed E-state index contributed by atoms with van der Waals surface area (Å²) in [7, 11) is -3.52. The Morgan fingerprint density at radius 1 is 1.28 bits per heavy atom. The van der Waals surface area contributed by atoms with Crippen molar-refractivity contribution in [3.8, 4) is 0 Å². The van der Waals surface area contributed by atoms with E-state index in [1.165, 1.54) is 6.07 Å². The van der Waals surface area contributed by atoms with E-state index in [1.54, 1.807) is 6.07 Å². The van der Waals surface area contributed by atoms with Crippen molar-refractivity contribution >= 4 is 15.7 Å². The van der Waals surface area contributed by atoms with E-state index in [0.717, 1.165) is 11.1 Å². The summed E-state index contributed by atoms with van der Waals surface area (Å²) in [4.78, 5) is 0.227. The van der Waals surface area contributed by atoms with E-state index < -0.39 is 15.6 Å². The predicted octanol–water partition coefficient (Wildman–Crippen LogP) is 2.35. The second kappa shape index (κ2) is 4.90. The first kappa shape index (κ1) is 15.0. The third kappa shape index (κ3) is 3.23. The maximum atomic E-state index is 12.3. The Bertz CT molecular complexity index is 525. The average molecular weight is 270 g/mol. The Morgan fingerprint density at radius 2 is 1.83 bits per heavy atom. The van der Waals surface area contributed by atoms with Crippen molar-refractivity contribution in [3.63, 3.8) is 0 Å². The summed E-state index contributed by atoms with van der Waals surface area (Å²) in [5.74, 6) is 0. The average Bonchev–Trinajstić information content (AvgIpc) is 2.23. The number of anilines is 1. The fourth-order valence-electron chi connectivity index (χ4n) is 1.50. The standard InChI is InChI=1S/C13H22N2O2S/c1-6-13(4,5)15-18(16,17)11-7-9(2)10(3)12(14)8-11/h7-8,15H,6,14H2,1-5H3. The second-order valence-electron chi connectivity index (χ2n) is 5.30. The zero-order valence-corrected chi connectivity index (χ0v) is 12.5. The van der Waals surface area contributed by atoms with E-state index in [9.17, 15) is 8.42 Å². The summed E-state index contributed by atoms with van der Waals surface area (Å²) in [5, 5.41) is 0. The summed E-state index contributed by atoms with van der Waals surface area (Å²) in [6.45, 7) is 9.39. The molecule has 1 aromatic rings. The number of hydrogen-bond acceptors (Lipinski definition) is 3. The fraction of sp³-hybridized carbons (Fsp3) is 0.538. The summed E-state index contributed by atoms with van der Waals surface area (Å²) in [5.41, 5.74) is 7.66. The van der Waals surface area contributed by atoms with Crippen LogP contribution in [0.2, 0.25) is 0 Å². The van der Waals surface area contributed by atoms with Gasteiger partial charge in [0.05, 0.1) is 4.90 Å². The summed E-state index contributed by atoms with van der Waals surface area (Å²) in [6, 6.07) is 3.16. The minimum atomic E-state index is -3.52.